The van der Waals surface area contributed by atoms with Gasteiger partial charge in [0, 0.05) is 38.9 Å². The van der Waals surface area contributed by atoms with Crippen LogP contribution in [0.25, 0.3) is 55.0 Å². The average molecular weight is 668 g/mol. The zero-order valence-electron chi connectivity index (χ0n) is 27.6. The van der Waals surface area contributed by atoms with Gasteiger partial charge >= 0.3 is 0 Å². The van der Waals surface area contributed by atoms with Crippen molar-refractivity contribution < 1.29 is 4.74 Å². The van der Waals surface area contributed by atoms with Gasteiger partial charge in [0.15, 0.2) is 0 Å². The van der Waals surface area contributed by atoms with Crippen molar-refractivity contribution in [2.75, 3.05) is 0 Å². The van der Waals surface area contributed by atoms with Crippen LogP contribution >= 0.6 is 11.8 Å². The third-order valence-electron chi connectivity index (χ3n) is 11.5. The van der Waals surface area contributed by atoms with E-state index in [1.807, 2.05) is 11.8 Å². The molecule has 2 nitrogen and oxygen atoms in total. The van der Waals surface area contributed by atoms with Gasteiger partial charge in [-0.05, 0) is 91.6 Å². The zero-order valence-corrected chi connectivity index (χ0v) is 28.4. The molecule has 0 saturated carbocycles. The van der Waals surface area contributed by atoms with Crippen LogP contribution < -0.4 is 4.74 Å². The summed E-state index contributed by atoms with van der Waals surface area (Å²) >= 11 is 1.82. The van der Waals surface area contributed by atoms with Crippen molar-refractivity contribution >= 4 is 55.6 Å². The van der Waals surface area contributed by atoms with E-state index in [2.05, 4.69) is 168 Å². The first-order valence-corrected chi connectivity index (χ1v) is 18.5. The summed E-state index contributed by atoms with van der Waals surface area (Å²) in [5.41, 5.74) is 14.7. The molecule has 2 aliphatic heterocycles. The van der Waals surface area contributed by atoms with Crippen molar-refractivity contribution in [3.8, 4) is 22.6 Å². The van der Waals surface area contributed by atoms with Crippen LogP contribution in [0, 0.1) is 0 Å². The van der Waals surface area contributed by atoms with Crippen LogP contribution in [0.4, 0.5) is 0 Å². The highest BCUT2D eigenvalue weighted by atomic mass is 32.2. The molecule has 12 rings (SSSR count). The molecule has 7 aromatic carbocycles. The van der Waals surface area contributed by atoms with Gasteiger partial charge < -0.3 is 9.30 Å². The number of nitrogens with zero attached hydrogens (tertiary/aromatic N) is 1. The molecular weight excluding hydrogens is 639 g/mol. The second-order valence-electron chi connectivity index (χ2n) is 14.0. The van der Waals surface area contributed by atoms with Gasteiger partial charge in [-0.25, -0.2) is 0 Å². The van der Waals surface area contributed by atoms with Gasteiger partial charge in [0.1, 0.15) is 11.5 Å². The number of benzene rings is 7. The average Bonchev–Trinajstić information content (AvgIpc) is 3.68. The third-order valence-corrected chi connectivity index (χ3v) is 12.5. The van der Waals surface area contributed by atoms with E-state index in [-0.39, 0.29) is 0 Å². The second-order valence-corrected chi connectivity index (χ2v) is 14.9. The number of hydrogen-bond donors (Lipinski definition) is 0. The Labute approximate surface area is 299 Å². The molecule has 0 bridgehead atoms. The minimum atomic E-state index is -0.519. The predicted octanol–water partition coefficient (Wildman–Crippen LogP) is 12.7. The third kappa shape index (κ3) is 3.54. The number of allylic oxidation sites excluding steroid dienone is 5. The fraction of sp³-hybridized carbons (Fsp3) is 0.0417. The number of thioether (sulfide) groups is 1. The molecule has 0 unspecified atom stereocenters. The molecule has 0 saturated heterocycles. The highest BCUT2D eigenvalue weighted by Gasteiger charge is 2.51. The summed E-state index contributed by atoms with van der Waals surface area (Å²) in [6.07, 6.45) is 5.69. The van der Waals surface area contributed by atoms with E-state index in [9.17, 15) is 0 Å². The summed E-state index contributed by atoms with van der Waals surface area (Å²) < 4.78 is 9.52. The van der Waals surface area contributed by atoms with Crippen molar-refractivity contribution in [2.24, 2.45) is 0 Å². The summed E-state index contributed by atoms with van der Waals surface area (Å²) in [7, 11) is 0. The Hall–Kier alpha value is -6.03. The summed E-state index contributed by atoms with van der Waals surface area (Å²) in [6.45, 7) is 0. The SMILES string of the molecule is C1=C2C=C(n3c4cc5c(cc4c4c6ccccc6ccc43)Oc3ccccc3C53c4ccccc4-c4ccccc43)CC=C2c2ccccc2S1. The Morgan fingerprint density at radius 2 is 1.27 bits per heavy atom. The van der Waals surface area contributed by atoms with Crippen molar-refractivity contribution in [2.45, 2.75) is 16.7 Å². The summed E-state index contributed by atoms with van der Waals surface area (Å²) in [4.78, 5) is 1.32. The van der Waals surface area contributed by atoms with Gasteiger partial charge in [-0.1, -0.05) is 133 Å². The van der Waals surface area contributed by atoms with Crippen molar-refractivity contribution in [1.29, 1.82) is 0 Å². The van der Waals surface area contributed by atoms with Crippen LogP contribution in [0.5, 0.6) is 11.5 Å². The molecule has 0 atom stereocenters. The monoisotopic (exact) mass is 667 g/mol. The number of para-hydroxylation sites is 1. The number of aromatic nitrogens is 1. The number of ether oxygens (including phenoxy) is 1. The van der Waals surface area contributed by atoms with E-state index < -0.39 is 5.41 Å². The molecule has 8 aromatic rings. The van der Waals surface area contributed by atoms with Gasteiger partial charge in [-0.3, -0.25) is 0 Å². The quantitative estimate of drug-likeness (QED) is 0.173. The maximum absolute atomic E-state index is 6.98. The molecule has 0 amide bonds. The summed E-state index contributed by atoms with van der Waals surface area (Å²) in [6, 6.07) is 53.6. The van der Waals surface area contributed by atoms with Crippen LogP contribution in [0.2, 0.25) is 0 Å². The Morgan fingerprint density at radius 1 is 0.569 bits per heavy atom. The van der Waals surface area contributed by atoms with Crippen LogP contribution in [-0.4, -0.2) is 4.57 Å². The lowest BCUT2D eigenvalue weighted by Crippen LogP contribution is -2.32. The van der Waals surface area contributed by atoms with Crippen LogP contribution in [0.3, 0.4) is 0 Å². The maximum atomic E-state index is 6.98. The normalized spacial score (nSPS) is 16.0. The van der Waals surface area contributed by atoms with E-state index in [0.717, 1.165) is 17.9 Å². The lowest BCUT2D eigenvalue weighted by molar-refractivity contribution is 0.437. The lowest BCUT2D eigenvalue weighted by atomic mass is 9.66. The Bertz CT molecular complexity index is 2910. The maximum Gasteiger partial charge on any atom is 0.133 e. The molecule has 0 N–H and O–H groups in total. The molecule has 0 radical (unpaired) electrons. The largest absolute Gasteiger partial charge is 0.457 e. The molecule has 1 spiro atoms. The fourth-order valence-electron chi connectivity index (χ4n) is 9.52. The number of fused-ring (bicyclic) bond motifs is 17. The van der Waals surface area contributed by atoms with E-state index in [4.69, 9.17) is 4.74 Å². The first-order valence-electron chi connectivity index (χ1n) is 17.6. The Balaban J connectivity index is 1.20. The van der Waals surface area contributed by atoms with Crippen molar-refractivity contribution in [3.63, 3.8) is 0 Å². The molecule has 1 aromatic heterocycles. The van der Waals surface area contributed by atoms with Gasteiger partial charge in [-0.15, -0.1) is 0 Å². The first kappa shape index (κ1) is 27.8. The molecule has 51 heavy (non-hydrogen) atoms. The standard InChI is InChI=1S/C48H29NOS/c1-2-12-33-29(11-1)21-24-42-47(33)37-26-45-41(27-43(37)49(42)31-22-23-32-30(25-31)28-51-46-20-10-5-15-36(32)46)48(40-18-8-9-19-44(40)50-45)38-16-6-3-13-34(38)35-14-4-7-17-39(35)48/h1-21,23-28H,22H2. The molecule has 3 heterocycles. The Kier molecular flexibility index (Phi) is 5.46. The lowest BCUT2D eigenvalue weighted by Gasteiger charge is -2.39. The molecular formula is C48H29NOS. The smallest absolute Gasteiger partial charge is 0.133 e. The predicted molar refractivity (Wildman–Crippen MR) is 212 cm³/mol. The minimum absolute atomic E-state index is 0.519. The summed E-state index contributed by atoms with van der Waals surface area (Å²) in [5, 5.41) is 7.30. The van der Waals surface area contributed by atoms with E-state index >= 15 is 0 Å². The fourth-order valence-corrected chi connectivity index (χ4v) is 10.4. The molecule has 3 heteroatoms. The first-order chi connectivity index (χ1) is 25.3. The van der Waals surface area contributed by atoms with Crippen molar-refractivity contribution in [3.05, 3.63) is 197 Å². The number of rotatable bonds is 1. The van der Waals surface area contributed by atoms with Gasteiger partial charge in [-0.2, -0.15) is 0 Å². The number of hydrogen-bond acceptors (Lipinski definition) is 2. The van der Waals surface area contributed by atoms with Crippen LogP contribution in [-0.2, 0) is 5.41 Å². The van der Waals surface area contributed by atoms with Crippen molar-refractivity contribution in [1.82, 2.24) is 4.57 Å². The van der Waals surface area contributed by atoms with Gasteiger partial charge in [0.05, 0.1) is 16.4 Å². The van der Waals surface area contributed by atoms with Gasteiger partial charge in [0.2, 0.25) is 0 Å². The molecule has 4 aliphatic rings. The topological polar surface area (TPSA) is 14.2 Å². The van der Waals surface area contributed by atoms with Crippen LogP contribution in [0.1, 0.15) is 34.2 Å². The highest BCUT2D eigenvalue weighted by molar-refractivity contribution is 8.02. The summed E-state index contributed by atoms with van der Waals surface area (Å²) in [5.74, 6) is 1.83. The second kappa shape index (κ2) is 10.0. The van der Waals surface area contributed by atoms with E-state index in [1.165, 1.54) is 93.3 Å². The molecule has 238 valence electrons. The molecule has 0 fully saturated rings. The van der Waals surface area contributed by atoms with E-state index in [0.29, 0.717) is 0 Å². The highest BCUT2D eigenvalue weighted by Crippen LogP contribution is 2.63. The zero-order chi connectivity index (χ0) is 33.3. The molecule has 2 aliphatic carbocycles. The van der Waals surface area contributed by atoms with Gasteiger partial charge in [0.25, 0.3) is 0 Å². The van der Waals surface area contributed by atoms with Crippen LogP contribution in [0.15, 0.2) is 174 Å². The minimum Gasteiger partial charge on any atom is -0.457 e. The Morgan fingerprint density at radius 3 is 2.12 bits per heavy atom. The van der Waals surface area contributed by atoms with E-state index in [1.54, 1.807) is 0 Å².